The number of carboxylic acids is 1. The van der Waals surface area contributed by atoms with Gasteiger partial charge in [0.25, 0.3) is 0 Å². The van der Waals surface area contributed by atoms with Crippen LogP contribution >= 0.6 is 15.9 Å². The number of benzene rings is 1. The number of carboxylic acid groups (broad SMARTS) is 1. The van der Waals surface area contributed by atoms with Gasteiger partial charge in [0.15, 0.2) is 0 Å². The molecule has 0 fully saturated rings. The van der Waals surface area contributed by atoms with Gasteiger partial charge in [-0.05, 0) is 40.5 Å². The fourth-order valence-corrected chi connectivity index (χ4v) is 1.42. The highest BCUT2D eigenvalue weighted by atomic mass is 79.9. The molecule has 0 aliphatic rings. The fourth-order valence-electron chi connectivity index (χ4n) is 0.860. The highest BCUT2D eigenvalue weighted by Gasteiger charge is 2.08. The van der Waals surface area contributed by atoms with Crippen LogP contribution in [0.5, 0.6) is 5.75 Å². The first-order valence-electron chi connectivity index (χ1n) is 3.25. The Bertz CT molecular complexity index is 310. The monoisotopic (exact) mass is 230 g/mol. The lowest BCUT2D eigenvalue weighted by Gasteiger charge is -2.02. The maximum Gasteiger partial charge on any atom is 0.335 e. The lowest BCUT2D eigenvalue weighted by molar-refractivity contribution is 0.0696. The Kier molecular flexibility index (Phi) is 2.38. The summed E-state index contributed by atoms with van der Waals surface area (Å²) in [6.07, 6.45) is 0. The summed E-state index contributed by atoms with van der Waals surface area (Å²) in [4.78, 5) is 10.5. The first-order valence-corrected chi connectivity index (χ1v) is 4.04. The number of halogens is 1. The summed E-state index contributed by atoms with van der Waals surface area (Å²) >= 11 is 3.05. The Labute approximate surface area is 77.8 Å². The molecule has 1 aromatic carbocycles. The van der Waals surface area contributed by atoms with Gasteiger partial charge in [-0.25, -0.2) is 4.79 Å². The maximum atomic E-state index is 10.5. The quantitative estimate of drug-likeness (QED) is 0.778. The molecule has 0 unspecified atom stereocenters. The highest BCUT2D eigenvalue weighted by molar-refractivity contribution is 9.10. The van der Waals surface area contributed by atoms with Crippen LogP contribution in [0.2, 0.25) is 0 Å². The molecule has 64 valence electrons. The van der Waals surface area contributed by atoms with E-state index >= 15 is 0 Å². The Morgan fingerprint density at radius 2 is 2.08 bits per heavy atom. The lowest BCUT2D eigenvalue weighted by Crippen LogP contribution is -1.96. The molecule has 0 saturated heterocycles. The Balaban J connectivity index is 3.31. The standard InChI is InChI=1S/C8H7BrO3/c1-4-2-5(8(11)12)3-6(9)7(4)10/h2-3,10H,1H3,(H,11,12). The summed E-state index contributed by atoms with van der Waals surface area (Å²) in [6, 6.07) is 2.78. The Hall–Kier alpha value is -1.03. The summed E-state index contributed by atoms with van der Waals surface area (Å²) in [7, 11) is 0. The van der Waals surface area contributed by atoms with Crippen LogP contribution in [0.1, 0.15) is 15.9 Å². The van der Waals surface area contributed by atoms with Crippen LogP contribution in [-0.4, -0.2) is 16.2 Å². The molecule has 0 spiro atoms. The predicted molar refractivity (Wildman–Crippen MR) is 47.5 cm³/mol. The fraction of sp³-hybridized carbons (Fsp3) is 0.125. The van der Waals surface area contributed by atoms with Crippen LogP contribution in [0.3, 0.4) is 0 Å². The molecule has 0 aliphatic heterocycles. The summed E-state index contributed by atoms with van der Waals surface area (Å²) in [6.45, 7) is 1.65. The Morgan fingerprint density at radius 1 is 1.50 bits per heavy atom. The van der Waals surface area contributed by atoms with E-state index in [2.05, 4.69) is 15.9 Å². The number of aromatic hydroxyl groups is 1. The van der Waals surface area contributed by atoms with Crippen molar-refractivity contribution in [2.75, 3.05) is 0 Å². The zero-order valence-electron chi connectivity index (χ0n) is 6.34. The zero-order valence-corrected chi connectivity index (χ0v) is 7.92. The number of rotatable bonds is 1. The van der Waals surface area contributed by atoms with Crippen LogP contribution in [0.25, 0.3) is 0 Å². The van der Waals surface area contributed by atoms with Crippen LogP contribution in [0.4, 0.5) is 0 Å². The summed E-state index contributed by atoms with van der Waals surface area (Å²) in [5, 5.41) is 17.9. The molecule has 1 aromatic rings. The van der Waals surface area contributed by atoms with Gasteiger partial charge in [0.05, 0.1) is 10.0 Å². The molecule has 0 aromatic heterocycles. The molecule has 0 bridgehead atoms. The minimum Gasteiger partial charge on any atom is -0.506 e. The number of aryl methyl sites for hydroxylation is 1. The summed E-state index contributed by atoms with van der Waals surface area (Å²) in [5.74, 6) is -0.918. The van der Waals surface area contributed by atoms with Crippen LogP contribution in [0.15, 0.2) is 16.6 Å². The molecule has 3 nitrogen and oxygen atoms in total. The molecule has 0 amide bonds. The largest absolute Gasteiger partial charge is 0.506 e. The molecular formula is C8H7BrO3. The van der Waals surface area contributed by atoms with E-state index in [1.165, 1.54) is 12.1 Å². The molecule has 0 saturated carbocycles. The lowest BCUT2D eigenvalue weighted by atomic mass is 10.1. The predicted octanol–water partition coefficient (Wildman–Crippen LogP) is 2.16. The SMILES string of the molecule is Cc1cc(C(=O)O)cc(Br)c1O. The third-order valence-electron chi connectivity index (χ3n) is 1.50. The van der Waals surface area contributed by atoms with Gasteiger partial charge < -0.3 is 10.2 Å². The van der Waals surface area contributed by atoms with Crippen molar-refractivity contribution in [3.63, 3.8) is 0 Å². The number of phenolic OH excluding ortho intramolecular Hbond substituents is 1. The second-order valence-corrected chi connectivity index (χ2v) is 3.28. The number of carbonyl (C=O) groups is 1. The summed E-state index contributed by atoms with van der Waals surface area (Å²) < 4.78 is 0.403. The minimum atomic E-state index is -1.00. The van der Waals surface area contributed by atoms with E-state index in [1.807, 2.05) is 0 Å². The third kappa shape index (κ3) is 1.58. The van der Waals surface area contributed by atoms with Crippen LogP contribution in [0, 0.1) is 6.92 Å². The van der Waals surface area contributed by atoms with Crippen molar-refractivity contribution in [3.8, 4) is 5.75 Å². The molecule has 0 aliphatic carbocycles. The Morgan fingerprint density at radius 3 is 2.50 bits per heavy atom. The van der Waals surface area contributed by atoms with Gasteiger partial charge in [0, 0.05) is 0 Å². The van der Waals surface area contributed by atoms with Gasteiger partial charge in [0.2, 0.25) is 0 Å². The van der Waals surface area contributed by atoms with Gasteiger partial charge in [-0.2, -0.15) is 0 Å². The second kappa shape index (κ2) is 3.15. The van der Waals surface area contributed by atoms with E-state index in [0.29, 0.717) is 10.0 Å². The van der Waals surface area contributed by atoms with Crippen molar-refractivity contribution >= 4 is 21.9 Å². The zero-order chi connectivity index (χ0) is 9.30. The van der Waals surface area contributed by atoms with E-state index in [0.717, 1.165) is 0 Å². The van der Waals surface area contributed by atoms with Crippen molar-refractivity contribution in [2.24, 2.45) is 0 Å². The average molecular weight is 231 g/mol. The van der Waals surface area contributed by atoms with Crippen LogP contribution < -0.4 is 0 Å². The van der Waals surface area contributed by atoms with E-state index in [-0.39, 0.29) is 11.3 Å². The molecule has 12 heavy (non-hydrogen) atoms. The molecule has 1 rings (SSSR count). The van der Waals surface area contributed by atoms with Crippen molar-refractivity contribution in [2.45, 2.75) is 6.92 Å². The van der Waals surface area contributed by atoms with Gasteiger partial charge in [-0.3, -0.25) is 0 Å². The summed E-state index contributed by atoms with van der Waals surface area (Å²) in [5.41, 5.74) is 0.707. The maximum absolute atomic E-state index is 10.5. The van der Waals surface area contributed by atoms with E-state index in [9.17, 15) is 9.90 Å². The highest BCUT2D eigenvalue weighted by Crippen LogP contribution is 2.28. The van der Waals surface area contributed by atoms with E-state index in [1.54, 1.807) is 6.92 Å². The van der Waals surface area contributed by atoms with Crippen molar-refractivity contribution in [3.05, 3.63) is 27.7 Å². The second-order valence-electron chi connectivity index (χ2n) is 2.43. The first kappa shape index (κ1) is 9.06. The topological polar surface area (TPSA) is 57.5 Å². The molecule has 2 N–H and O–H groups in total. The third-order valence-corrected chi connectivity index (χ3v) is 2.11. The first-order chi connectivity index (χ1) is 5.52. The van der Waals surface area contributed by atoms with Crippen molar-refractivity contribution in [1.82, 2.24) is 0 Å². The number of hydrogen-bond donors (Lipinski definition) is 2. The van der Waals surface area contributed by atoms with Crippen molar-refractivity contribution in [1.29, 1.82) is 0 Å². The number of phenols is 1. The minimum absolute atomic E-state index is 0.0833. The molecule has 0 heterocycles. The van der Waals surface area contributed by atoms with Gasteiger partial charge in [-0.15, -0.1) is 0 Å². The van der Waals surface area contributed by atoms with E-state index in [4.69, 9.17) is 5.11 Å². The molecular weight excluding hydrogens is 224 g/mol. The van der Waals surface area contributed by atoms with Gasteiger partial charge in [-0.1, -0.05) is 0 Å². The molecule has 0 radical (unpaired) electrons. The average Bonchev–Trinajstić information content (AvgIpc) is 1.99. The normalized spacial score (nSPS) is 9.83. The molecule has 0 atom stereocenters. The van der Waals surface area contributed by atoms with Gasteiger partial charge >= 0.3 is 5.97 Å². The van der Waals surface area contributed by atoms with Crippen LogP contribution in [-0.2, 0) is 0 Å². The number of hydrogen-bond acceptors (Lipinski definition) is 2. The molecule has 4 heteroatoms. The smallest absolute Gasteiger partial charge is 0.335 e. The van der Waals surface area contributed by atoms with E-state index < -0.39 is 5.97 Å². The van der Waals surface area contributed by atoms with Gasteiger partial charge in [0.1, 0.15) is 5.75 Å². The number of aromatic carboxylic acids is 1. The van der Waals surface area contributed by atoms with Crippen molar-refractivity contribution < 1.29 is 15.0 Å².